The molecule has 1 aromatic heterocycles. The summed E-state index contributed by atoms with van der Waals surface area (Å²) in [6, 6.07) is 4.01. The van der Waals surface area contributed by atoms with Crippen LogP contribution < -0.4 is 5.73 Å². The highest BCUT2D eigenvalue weighted by Crippen LogP contribution is 2.47. The van der Waals surface area contributed by atoms with Gasteiger partial charge in [0.1, 0.15) is 11.5 Å². The zero-order valence-electron chi connectivity index (χ0n) is 7.92. The van der Waals surface area contributed by atoms with Gasteiger partial charge in [0.05, 0.1) is 0 Å². The Labute approximate surface area is 78.4 Å². The van der Waals surface area contributed by atoms with Crippen molar-refractivity contribution in [3.8, 4) is 0 Å². The van der Waals surface area contributed by atoms with E-state index < -0.39 is 0 Å². The van der Waals surface area contributed by atoms with Crippen LogP contribution in [0.5, 0.6) is 0 Å². The highest BCUT2D eigenvalue weighted by molar-refractivity contribution is 5.60. The minimum Gasteiger partial charge on any atom is -0.461 e. The van der Waals surface area contributed by atoms with Crippen LogP contribution in [0.3, 0.4) is 0 Å². The van der Waals surface area contributed by atoms with Gasteiger partial charge in [-0.05, 0) is 24.5 Å². The molecule has 1 aliphatic carbocycles. The van der Waals surface area contributed by atoms with E-state index in [9.17, 15) is 0 Å². The Morgan fingerprint density at radius 2 is 2.38 bits per heavy atom. The third-order valence-electron chi connectivity index (χ3n) is 2.70. The van der Waals surface area contributed by atoms with Crippen LogP contribution in [-0.2, 0) is 0 Å². The molecule has 0 spiro atoms. The molecular formula is C11H15NO. The van der Waals surface area contributed by atoms with Crippen LogP contribution in [0.25, 0.3) is 5.57 Å². The van der Waals surface area contributed by atoms with Gasteiger partial charge >= 0.3 is 0 Å². The SMILES string of the molecule is C=C(CN)c1ccc(C2CC2C)o1. The summed E-state index contributed by atoms with van der Waals surface area (Å²) in [5, 5.41) is 0. The maximum Gasteiger partial charge on any atom is 0.130 e. The summed E-state index contributed by atoms with van der Waals surface area (Å²) in [5.74, 6) is 3.36. The average molecular weight is 177 g/mol. The van der Waals surface area contributed by atoms with Crippen molar-refractivity contribution < 1.29 is 4.42 Å². The van der Waals surface area contributed by atoms with Crippen LogP contribution in [0.15, 0.2) is 23.1 Å². The molecule has 0 radical (unpaired) electrons. The van der Waals surface area contributed by atoms with Crippen molar-refractivity contribution in [1.82, 2.24) is 0 Å². The largest absolute Gasteiger partial charge is 0.461 e. The number of rotatable bonds is 3. The molecule has 2 N–H and O–H groups in total. The maximum atomic E-state index is 5.65. The van der Waals surface area contributed by atoms with E-state index in [0.29, 0.717) is 12.5 Å². The molecule has 0 amide bonds. The van der Waals surface area contributed by atoms with Crippen LogP contribution in [0.4, 0.5) is 0 Å². The van der Waals surface area contributed by atoms with E-state index in [-0.39, 0.29) is 0 Å². The minimum atomic E-state index is 0.465. The van der Waals surface area contributed by atoms with Gasteiger partial charge in [0.25, 0.3) is 0 Å². The van der Waals surface area contributed by atoms with Crippen molar-refractivity contribution in [1.29, 1.82) is 0 Å². The van der Waals surface area contributed by atoms with Crippen LogP contribution in [0.1, 0.15) is 30.8 Å². The number of hydrogen-bond donors (Lipinski definition) is 1. The van der Waals surface area contributed by atoms with Crippen molar-refractivity contribution >= 4 is 5.57 Å². The summed E-state index contributed by atoms with van der Waals surface area (Å²) < 4.78 is 5.65. The molecule has 0 aromatic carbocycles. The fourth-order valence-corrected chi connectivity index (χ4v) is 1.56. The second-order valence-electron chi connectivity index (χ2n) is 3.83. The maximum absolute atomic E-state index is 5.65. The average Bonchev–Trinajstić information content (AvgIpc) is 2.70. The fourth-order valence-electron chi connectivity index (χ4n) is 1.56. The lowest BCUT2D eigenvalue weighted by atomic mass is 10.2. The normalized spacial score (nSPS) is 26.0. The Morgan fingerprint density at radius 1 is 1.69 bits per heavy atom. The Bertz CT molecular complexity index is 327. The Balaban J connectivity index is 2.14. The topological polar surface area (TPSA) is 39.2 Å². The van der Waals surface area contributed by atoms with Crippen molar-refractivity contribution in [2.75, 3.05) is 6.54 Å². The number of nitrogens with two attached hydrogens (primary N) is 1. The van der Waals surface area contributed by atoms with E-state index >= 15 is 0 Å². The van der Waals surface area contributed by atoms with Crippen LogP contribution in [-0.4, -0.2) is 6.54 Å². The van der Waals surface area contributed by atoms with Crippen molar-refractivity contribution in [3.05, 3.63) is 30.2 Å². The number of furan rings is 1. The Kier molecular flexibility index (Phi) is 2.00. The lowest BCUT2D eigenvalue weighted by molar-refractivity contribution is 0.494. The molecule has 13 heavy (non-hydrogen) atoms. The quantitative estimate of drug-likeness (QED) is 0.769. The third-order valence-corrected chi connectivity index (χ3v) is 2.70. The molecule has 1 saturated carbocycles. The standard InChI is InChI=1S/C11H15NO/c1-7-5-9(7)11-4-3-10(13-11)8(2)6-12/h3-4,7,9H,2,5-6,12H2,1H3. The van der Waals surface area contributed by atoms with Gasteiger partial charge in [-0.2, -0.15) is 0 Å². The summed E-state index contributed by atoms with van der Waals surface area (Å²) in [5.41, 5.74) is 6.35. The molecule has 0 bridgehead atoms. The first-order valence-electron chi connectivity index (χ1n) is 4.70. The van der Waals surface area contributed by atoms with E-state index in [1.54, 1.807) is 0 Å². The lowest BCUT2D eigenvalue weighted by Gasteiger charge is -1.96. The van der Waals surface area contributed by atoms with Crippen LogP contribution in [0, 0.1) is 5.92 Å². The summed E-state index contributed by atoms with van der Waals surface area (Å²) in [7, 11) is 0. The minimum absolute atomic E-state index is 0.465. The lowest BCUT2D eigenvalue weighted by Crippen LogP contribution is -1.99. The Morgan fingerprint density at radius 3 is 2.92 bits per heavy atom. The molecule has 2 unspecified atom stereocenters. The fraction of sp³-hybridized carbons (Fsp3) is 0.455. The molecular weight excluding hydrogens is 162 g/mol. The van der Waals surface area contributed by atoms with Gasteiger partial charge in [-0.3, -0.25) is 0 Å². The summed E-state index contributed by atoms with van der Waals surface area (Å²) in [6.45, 7) is 6.54. The third kappa shape index (κ3) is 1.54. The highest BCUT2D eigenvalue weighted by Gasteiger charge is 2.36. The van der Waals surface area contributed by atoms with E-state index in [1.165, 1.54) is 6.42 Å². The van der Waals surface area contributed by atoms with E-state index in [4.69, 9.17) is 10.2 Å². The molecule has 2 nitrogen and oxygen atoms in total. The smallest absolute Gasteiger partial charge is 0.130 e. The second kappa shape index (κ2) is 3.04. The highest BCUT2D eigenvalue weighted by atomic mass is 16.3. The van der Waals surface area contributed by atoms with E-state index in [1.807, 2.05) is 12.1 Å². The first kappa shape index (κ1) is 8.57. The van der Waals surface area contributed by atoms with Crippen molar-refractivity contribution in [2.24, 2.45) is 11.7 Å². The van der Waals surface area contributed by atoms with Gasteiger partial charge in [-0.15, -0.1) is 0 Å². The van der Waals surface area contributed by atoms with Gasteiger partial charge in [-0.25, -0.2) is 0 Å². The molecule has 1 fully saturated rings. The molecule has 2 heteroatoms. The van der Waals surface area contributed by atoms with E-state index in [2.05, 4.69) is 13.5 Å². The zero-order chi connectivity index (χ0) is 9.42. The van der Waals surface area contributed by atoms with Crippen LogP contribution in [0.2, 0.25) is 0 Å². The Hall–Kier alpha value is -1.02. The first-order valence-corrected chi connectivity index (χ1v) is 4.70. The van der Waals surface area contributed by atoms with Gasteiger partial charge in [0.2, 0.25) is 0 Å². The van der Waals surface area contributed by atoms with Gasteiger partial charge in [0.15, 0.2) is 0 Å². The van der Waals surface area contributed by atoms with Crippen LogP contribution >= 0.6 is 0 Å². The number of hydrogen-bond acceptors (Lipinski definition) is 2. The molecule has 0 saturated heterocycles. The summed E-state index contributed by atoms with van der Waals surface area (Å²) in [6.07, 6.45) is 1.25. The molecule has 1 heterocycles. The van der Waals surface area contributed by atoms with Gasteiger partial charge in [-0.1, -0.05) is 13.5 Å². The second-order valence-corrected chi connectivity index (χ2v) is 3.83. The molecule has 1 aromatic rings. The summed E-state index contributed by atoms with van der Waals surface area (Å²) >= 11 is 0. The molecule has 0 aliphatic heterocycles. The predicted octanol–water partition coefficient (Wildman–Crippen LogP) is 2.37. The monoisotopic (exact) mass is 177 g/mol. The van der Waals surface area contributed by atoms with E-state index in [0.717, 1.165) is 23.0 Å². The van der Waals surface area contributed by atoms with Gasteiger partial charge < -0.3 is 10.2 Å². The van der Waals surface area contributed by atoms with Crippen molar-refractivity contribution in [2.45, 2.75) is 19.3 Å². The molecule has 1 aliphatic rings. The molecule has 2 rings (SSSR count). The molecule has 2 atom stereocenters. The summed E-state index contributed by atoms with van der Waals surface area (Å²) in [4.78, 5) is 0. The predicted molar refractivity (Wildman–Crippen MR) is 53.3 cm³/mol. The first-order chi connectivity index (χ1) is 6.22. The molecule has 70 valence electrons. The zero-order valence-corrected chi connectivity index (χ0v) is 7.92. The van der Waals surface area contributed by atoms with Crippen molar-refractivity contribution in [3.63, 3.8) is 0 Å². The van der Waals surface area contributed by atoms with Gasteiger partial charge in [0, 0.05) is 18.0 Å².